The molecule has 0 radical (unpaired) electrons. The number of aryl methyl sites for hydroxylation is 1. The first-order valence-electron chi connectivity index (χ1n) is 4.78. The Kier molecular flexibility index (Phi) is 6.07. The Morgan fingerprint density at radius 1 is 1.07 bits per heavy atom. The molecule has 0 spiro atoms. The van der Waals surface area contributed by atoms with Crippen LogP contribution in [0, 0.1) is 20.8 Å². The van der Waals surface area contributed by atoms with Crippen LogP contribution in [0.5, 0.6) is 0 Å². The van der Waals surface area contributed by atoms with Gasteiger partial charge in [0.15, 0.2) is 0 Å². The Labute approximate surface area is 103 Å². The third-order valence-corrected chi connectivity index (χ3v) is 2.51. The molecule has 0 atom stereocenters. The van der Waals surface area contributed by atoms with Gasteiger partial charge in [-0.05, 0) is 0 Å². The van der Waals surface area contributed by atoms with Gasteiger partial charge in [-0.25, -0.2) is 0 Å². The second kappa shape index (κ2) is 6.49. The van der Waals surface area contributed by atoms with Crippen LogP contribution in [0.1, 0.15) is 16.7 Å². The molecule has 2 rings (SSSR count). The summed E-state index contributed by atoms with van der Waals surface area (Å²) < 4.78 is 0. The minimum atomic E-state index is 0. The van der Waals surface area contributed by atoms with Crippen LogP contribution < -0.4 is 5.73 Å². The van der Waals surface area contributed by atoms with Crippen molar-refractivity contribution < 1.29 is 17.1 Å². The van der Waals surface area contributed by atoms with E-state index in [2.05, 4.69) is 20.8 Å². The molecule has 0 saturated heterocycles. The van der Waals surface area contributed by atoms with Crippen LogP contribution >= 0.6 is 0 Å². The number of hydrogen-bond donors (Lipinski definition) is 1. The van der Waals surface area contributed by atoms with Crippen LogP contribution in [0.4, 0.5) is 5.69 Å². The van der Waals surface area contributed by atoms with Gasteiger partial charge in [0, 0.05) is 17.1 Å². The van der Waals surface area contributed by atoms with E-state index in [1.165, 1.54) is 16.7 Å². The minimum Gasteiger partial charge on any atom is -0.748 e. The fraction of sp³-hybridized carbons (Fsp3) is 0.231. The molecule has 0 bridgehead atoms. The van der Waals surface area contributed by atoms with Gasteiger partial charge in [-0.1, -0.05) is 20.8 Å². The van der Waals surface area contributed by atoms with Crippen LogP contribution in [-0.2, 0) is 17.1 Å². The molecule has 0 unspecified atom stereocenters. The minimum absolute atomic E-state index is 0. The van der Waals surface area contributed by atoms with Gasteiger partial charge in [-0.2, -0.15) is 22.8 Å². The summed E-state index contributed by atoms with van der Waals surface area (Å²) in [6.07, 6.45) is 0. The zero-order valence-corrected chi connectivity index (χ0v) is 10.5. The molecule has 1 nitrogen and oxygen atoms in total. The van der Waals surface area contributed by atoms with Crippen molar-refractivity contribution in [1.82, 2.24) is 0 Å². The number of hydrogen-bond acceptors (Lipinski definition) is 1. The summed E-state index contributed by atoms with van der Waals surface area (Å²) in [5.74, 6) is 0. The number of nitrogen functional groups attached to an aromatic ring is 1. The summed E-state index contributed by atoms with van der Waals surface area (Å²) in [6.45, 7) is 6.23. The number of anilines is 1. The van der Waals surface area contributed by atoms with Crippen molar-refractivity contribution in [3.63, 3.8) is 0 Å². The summed E-state index contributed by atoms with van der Waals surface area (Å²) in [7, 11) is 0. The van der Waals surface area contributed by atoms with Crippen molar-refractivity contribution in [2.75, 3.05) is 5.73 Å². The molecule has 2 aromatic carbocycles. The van der Waals surface area contributed by atoms with Crippen LogP contribution in [0.25, 0.3) is 0 Å². The number of nitrogens with two attached hydrogens (primary N) is 1. The van der Waals surface area contributed by atoms with Crippen LogP contribution in [0.3, 0.4) is 0 Å². The van der Waals surface area contributed by atoms with E-state index in [1.54, 1.807) is 0 Å². The topological polar surface area (TPSA) is 26.0 Å². The van der Waals surface area contributed by atoms with Crippen LogP contribution in [-0.4, -0.2) is 0 Å². The molecule has 88 valence electrons. The Hall–Kier alpha value is -0.981. The molecule has 0 aromatic heterocycles. The summed E-state index contributed by atoms with van der Waals surface area (Å²) in [4.78, 5) is 0. The fourth-order valence-electron chi connectivity index (χ4n) is 1.28. The van der Waals surface area contributed by atoms with Gasteiger partial charge in [-0.3, -0.25) is 0 Å². The molecular weight excluding hydrogens is 226 g/mol. The predicted molar refractivity (Wildman–Crippen MR) is 62.7 cm³/mol. The van der Waals surface area contributed by atoms with Crippen molar-refractivity contribution >= 4 is 5.69 Å². The third kappa shape index (κ3) is 3.94. The van der Waals surface area contributed by atoms with Gasteiger partial charge in [0.25, 0.3) is 0 Å². The Morgan fingerprint density at radius 2 is 1.47 bits per heavy atom. The SMILES string of the molecule is Cc1c(N)c[c-](C)c1C.[Fe].[cH-]1[cH-][cH-][cH-][cH-]1. The quantitative estimate of drug-likeness (QED) is 0.557. The van der Waals surface area contributed by atoms with E-state index >= 15 is 0 Å². The maximum Gasteiger partial charge on any atom is 0 e. The standard InChI is InChI=1S/C8H12N.C5H5.Fe/c1-5-4-8(9)7(3)6(5)2;1-2-4-5-3-1;/h4H,9H2,1-3H3;1-5H;/q-1;-5;. The van der Waals surface area contributed by atoms with E-state index in [1.807, 2.05) is 36.4 Å². The maximum atomic E-state index is 5.64. The third-order valence-electron chi connectivity index (χ3n) is 2.51. The van der Waals surface area contributed by atoms with Crippen molar-refractivity contribution in [1.29, 1.82) is 0 Å². The largest absolute Gasteiger partial charge is 0.748 e. The molecule has 0 aliphatic heterocycles. The van der Waals surface area contributed by atoms with E-state index < -0.39 is 0 Å². The molecule has 0 saturated carbocycles. The van der Waals surface area contributed by atoms with Gasteiger partial charge in [0.2, 0.25) is 0 Å². The Balaban J connectivity index is 0.000000280. The van der Waals surface area contributed by atoms with Gasteiger partial charge in [0.1, 0.15) is 0 Å². The van der Waals surface area contributed by atoms with E-state index in [4.69, 9.17) is 5.73 Å². The molecule has 2 aromatic rings. The summed E-state index contributed by atoms with van der Waals surface area (Å²) in [5.41, 5.74) is 10.4. The average molecular weight is 243 g/mol. The summed E-state index contributed by atoms with van der Waals surface area (Å²) in [6, 6.07) is 12.0. The Bertz CT molecular complexity index is 332. The first-order valence-corrected chi connectivity index (χ1v) is 4.78. The molecule has 2 heteroatoms. The maximum absolute atomic E-state index is 5.64. The van der Waals surface area contributed by atoms with Gasteiger partial charge < -0.3 is 36.1 Å². The second-order valence-electron chi connectivity index (χ2n) is 3.49. The van der Waals surface area contributed by atoms with Crippen LogP contribution in [0.2, 0.25) is 0 Å². The molecule has 0 fully saturated rings. The first kappa shape index (κ1) is 14.0. The molecule has 0 aliphatic rings. The Morgan fingerprint density at radius 3 is 1.60 bits per heavy atom. The molecule has 0 amide bonds. The second-order valence-corrected chi connectivity index (χ2v) is 3.49. The van der Waals surface area contributed by atoms with Gasteiger partial charge in [-0.15, -0.1) is 5.69 Å². The molecule has 15 heavy (non-hydrogen) atoms. The summed E-state index contributed by atoms with van der Waals surface area (Å²) >= 11 is 0. The van der Waals surface area contributed by atoms with Gasteiger partial charge in [0.05, 0.1) is 0 Å². The summed E-state index contributed by atoms with van der Waals surface area (Å²) in [5, 5.41) is 0. The van der Waals surface area contributed by atoms with E-state index in [9.17, 15) is 0 Å². The van der Waals surface area contributed by atoms with E-state index in [-0.39, 0.29) is 17.1 Å². The molecule has 0 heterocycles. The van der Waals surface area contributed by atoms with Crippen molar-refractivity contribution in [2.45, 2.75) is 20.8 Å². The molecule has 2 N–H and O–H groups in total. The molecular formula is C13H17FeN-6. The predicted octanol–water partition coefficient (Wildman–Crippen LogP) is 3.32. The fourth-order valence-corrected chi connectivity index (χ4v) is 1.28. The smallest absolute Gasteiger partial charge is 0 e. The average Bonchev–Trinajstić information content (AvgIpc) is 2.78. The van der Waals surface area contributed by atoms with Crippen LogP contribution in [0.15, 0.2) is 36.4 Å². The van der Waals surface area contributed by atoms with Crippen molar-refractivity contribution in [3.05, 3.63) is 53.1 Å². The first-order chi connectivity index (χ1) is 6.63. The zero-order valence-electron chi connectivity index (χ0n) is 9.40. The van der Waals surface area contributed by atoms with E-state index in [0.29, 0.717) is 0 Å². The normalized spacial score (nSPS) is 8.73. The van der Waals surface area contributed by atoms with Crippen molar-refractivity contribution in [3.8, 4) is 0 Å². The van der Waals surface area contributed by atoms with Gasteiger partial charge >= 0.3 is 0 Å². The number of rotatable bonds is 0. The van der Waals surface area contributed by atoms with Crippen molar-refractivity contribution in [2.24, 2.45) is 0 Å². The monoisotopic (exact) mass is 243 g/mol. The molecule has 0 aliphatic carbocycles. The van der Waals surface area contributed by atoms with E-state index in [0.717, 1.165) is 5.69 Å². The zero-order chi connectivity index (χ0) is 10.6.